The molecule has 1 aromatic rings. The van der Waals surface area contributed by atoms with Gasteiger partial charge in [0.05, 0.1) is 11.1 Å². The maximum absolute atomic E-state index is 13.1. The van der Waals surface area contributed by atoms with Gasteiger partial charge in [0.2, 0.25) is 11.8 Å². The molecule has 2 heterocycles. The van der Waals surface area contributed by atoms with Crippen molar-refractivity contribution in [2.75, 3.05) is 6.54 Å². The van der Waals surface area contributed by atoms with Crippen LogP contribution in [-0.4, -0.2) is 47.2 Å². The Balaban J connectivity index is 1.55. The number of rotatable bonds is 5. The Morgan fingerprint density at radius 1 is 1.07 bits per heavy atom. The molecule has 1 saturated carbocycles. The van der Waals surface area contributed by atoms with Crippen LogP contribution >= 0.6 is 0 Å². The lowest BCUT2D eigenvalue weighted by Crippen LogP contribution is -2.54. The highest BCUT2D eigenvalue weighted by Gasteiger charge is 2.45. The third kappa shape index (κ3) is 3.58. The summed E-state index contributed by atoms with van der Waals surface area (Å²) in [6.07, 6.45) is 4.76. The molecule has 3 unspecified atom stereocenters. The molecule has 2 fully saturated rings. The van der Waals surface area contributed by atoms with Crippen LogP contribution in [-0.2, 0) is 16.1 Å². The number of nitrogens with one attached hydrogen (secondary N) is 2. The van der Waals surface area contributed by atoms with Crippen LogP contribution < -0.4 is 16.4 Å². The van der Waals surface area contributed by atoms with E-state index in [2.05, 4.69) is 10.6 Å². The zero-order valence-electron chi connectivity index (χ0n) is 16.3. The molecule has 0 spiro atoms. The first-order chi connectivity index (χ1) is 14.0. The van der Waals surface area contributed by atoms with E-state index in [1.54, 1.807) is 12.1 Å². The number of carbonyl (C=O) groups is 4. The second kappa shape index (κ2) is 8.04. The lowest BCUT2D eigenvalue weighted by molar-refractivity contribution is -0.136. The predicted octanol–water partition coefficient (Wildman–Crippen LogP) is 0.695. The highest BCUT2D eigenvalue weighted by atomic mass is 16.2. The highest BCUT2D eigenvalue weighted by Crippen LogP contribution is 2.30. The van der Waals surface area contributed by atoms with Gasteiger partial charge in [0.1, 0.15) is 6.04 Å². The van der Waals surface area contributed by atoms with Crippen LogP contribution in [0.4, 0.5) is 0 Å². The predicted molar refractivity (Wildman–Crippen MR) is 105 cm³/mol. The van der Waals surface area contributed by atoms with Crippen LogP contribution in [0.2, 0.25) is 0 Å². The summed E-state index contributed by atoms with van der Waals surface area (Å²) in [5.41, 5.74) is 7.33. The van der Waals surface area contributed by atoms with E-state index in [0.717, 1.165) is 29.7 Å². The van der Waals surface area contributed by atoms with Gasteiger partial charge in [0, 0.05) is 19.0 Å². The van der Waals surface area contributed by atoms with E-state index in [1.165, 1.54) is 6.42 Å². The Morgan fingerprint density at radius 2 is 1.86 bits per heavy atom. The Morgan fingerprint density at radius 3 is 2.62 bits per heavy atom. The molecule has 0 aromatic heterocycles. The molecule has 8 heteroatoms. The van der Waals surface area contributed by atoms with Gasteiger partial charge in [-0.1, -0.05) is 25.0 Å². The lowest BCUT2D eigenvalue weighted by Gasteiger charge is -2.31. The molecule has 3 atom stereocenters. The van der Waals surface area contributed by atoms with Gasteiger partial charge in [-0.25, -0.2) is 0 Å². The van der Waals surface area contributed by atoms with Crippen molar-refractivity contribution in [1.82, 2.24) is 15.5 Å². The molecule has 2 aliphatic heterocycles. The third-order valence-electron chi connectivity index (χ3n) is 6.32. The zero-order valence-corrected chi connectivity index (χ0v) is 16.3. The van der Waals surface area contributed by atoms with Gasteiger partial charge in [0.15, 0.2) is 0 Å². The first-order valence-corrected chi connectivity index (χ1v) is 10.3. The minimum Gasteiger partial charge on any atom is -0.330 e. The Bertz CT molecular complexity index is 868. The van der Waals surface area contributed by atoms with Gasteiger partial charge >= 0.3 is 0 Å². The number of piperidine rings is 1. The molecule has 1 saturated heterocycles. The molecule has 3 aliphatic rings. The molecule has 4 N–H and O–H groups in total. The molecular formula is C21H26N4O4. The van der Waals surface area contributed by atoms with Gasteiger partial charge in [-0.15, -0.1) is 0 Å². The lowest BCUT2D eigenvalue weighted by atomic mass is 9.84. The fourth-order valence-electron chi connectivity index (χ4n) is 4.73. The van der Waals surface area contributed by atoms with Crippen molar-refractivity contribution in [1.29, 1.82) is 0 Å². The molecule has 29 heavy (non-hydrogen) atoms. The van der Waals surface area contributed by atoms with E-state index in [9.17, 15) is 19.2 Å². The molecule has 8 nitrogen and oxygen atoms in total. The number of nitrogens with two attached hydrogens (primary N) is 1. The van der Waals surface area contributed by atoms with Crippen molar-refractivity contribution in [3.8, 4) is 0 Å². The van der Waals surface area contributed by atoms with Gasteiger partial charge < -0.3 is 11.1 Å². The van der Waals surface area contributed by atoms with Crippen LogP contribution in [0.15, 0.2) is 18.2 Å². The van der Waals surface area contributed by atoms with E-state index in [4.69, 9.17) is 5.73 Å². The second-order valence-electron chi connectivity index (χ2n) is 8.05. The van der Waals surface area contributed by atoms with Crippen LogP contribution in [0.1, 0.15) is 64.8 Å². The van der Waals surface area contributed by atoms with Crippen LogP contribution in [0.3, 0.4) is 0 Å². The second-order valence-corrected chi connectivity index (χ2v) is 8.05. The topological polar surface area (TPSA) is 122 Å². The van der Waals surface area contributed by atoms with E-state index >= 15 is 0 Å². The van der Waals surface area contributed by atoms with Crippen LogP contribution in [0, 0.1) is 5.92 Å². The summed E-state index contributed by atoms with van der Waals surface area (Å²) in [6.45, 7) is 1.10. The molecule has 1 aromatic carbocycles. The number of hydrogen-bond acceptors (Lipinski definition) is 6. The SMILES string of the molecule is NCC1CCCCC1NCc1cccc2c1C(=O)N(C1CCC(=O)NC1=O)C2=O. The van der Waals surface area contributed by atoms with Gasteiger partial charge in [-0.3, -0.25) is 29.4 Å². The van der Waals surface area contributed by atoms with E-state index < -0.39 is 23.8 Å². The molecule has 0 bridgehead atoms. The van der Waals surface area contributed by atoms with Crippen molar-refractivity contribution in [3.63, 3.8) is 0 Å². The summed E-state index contributed by atoms with van der Waals surface area (Å²) in [6, 6.07) is 4.57. The molecule has 4 rings (SSSR count). The number of nitrogens with zero attached hydrogens (tertiary/aromatic N) is 1. The summed E-state index contributed by atoms with van der Waals surface area (Å²) in [7, 11) is 0. The molecule has 4 amide bonds. The van der Waals surface area contributed by atoms with Crippen LogP contribution in [0.25, 0.3) is 0 Å². The summed E-state index contributed by atoms with van der Waals surface area (Å²) in [5, 5.41) is 5.75. The number of benzene rings is 1. The average Bonchev–Trinajstić information content (AvgIpc) is 2.98. The number of carbonyl (C=O) groups excluding carboxylic acids is 4. The average molecular weight is 398 g/mol. The number of imide groups is 2. The molecular weight excluding hydrogens is 372 g/mol. The van der Waals surface area contributed by atoms with Crippen molar-refractivity contribution >= 4 is 23.6 Å². The van der Waals surface area contributed by atoms with E-state index in [-0.39, 0.29) is 18.7 Å². The van der Waals surface area contributed by atoms with Gasteiger partial charge in [0.25, 0.3) is 11.8 Å². The minimum atomic E-state index is -0.944. The van der Waals surface area contributed by atoms with Crippen molar-refractivity contribution < 1.29 is 19.2 Å². The minimum absolute atomic E-state index is 0.111. The van der Waals surface area contributed by atoms with Gasteiger partial charge in [-0.05, 0) is 43.4 Å². The maximum Gasteiger partial charge on any atom is 0.262 e. The Labute approximate surface area is 169 Å². The summed E-state index contributed by atoms with van der Waals surface area (Å²) < 4.78 is 0. The van der Waals surface area contributed by atoms with Crippen molar-refractivity contribution in [2.24, 2.45) is 11.7 Å². The maximum atomic E-state index is 13.1. The monoisotopic (exact) mass is 398 g/mol. The molecule has 0 radical (unpaired) electrons. The Kier molecular flexibility index (Phi) is 5.47. The first kappa shape index (κ1) is 19.7. The largest absolute Gasteiger partial charge is 0.330 e. The number of hydrogen-bond donors (Lipinski definition) is 3. The van der Waals surface area contributed by atoms with Crippen molar-refractivity contribution in [2.45, 2.75) is 57.2 Å². The van der Waals surface area contributed by atoms with Crippen LogP contribution in [0.5, 0.6) is 0 Å². The standard InChI is InChI=1S/C21H26N4O4/c22-10-12-4-1-2-7-15(12)23-11-13-5-3-6-14-18(13)21(29)25(20(14)28)16-8-9-17(26)24-19(16)27/h3,5-6,12,15-16,23H,1-2,4,7-11,22H2,(H,24,26,27). The quantitative estimate of drug-likeness (QED) is 0.628. The van der Waals surface area contributed by atoms with Crippen molar-refractivity contribution in [3.05, 3.63) is 34.9 Å². The Hall–Kier alpha value is -2.58. The van der Waals surface area contributed by atoms with E-state index in [1.807, 2.05) is 6.07 Å². The zero-order chi connectivity index (χ0) is 20.5. The highest BCUT2D eigenvalue weighted by molar-refractivity contribution is 6.24. The van der Waals surface area contributed by atoms with E-state index in [0.29, 0.717) is 36.2 Å². The summed E-state index contributed by atoms with van der Waals surface area (Å²) >= 11 is 0. The first-order valence-electron chi connectivity index (χ1n) is 10.3. The summed E-state index contributed by atoms with van der Waals surface area (Å²) in [5.74, 6) is -1.49. The summed E-state index contributed by atoms with van der Waals surface area (Å²) in [4.78, 5) is 50.7. The third-order valence-corrected chi connectivity index (χ3v) is 6.32. The molecule has 1 aliphatic carbocycles. The smallest absolute Gasteiger partial charge is 0.262 e. The fraction of sp³-hybridized carbons (Fsp3) is 0.524. The number of amides is 4. The van der Waals surface area contributed by atoms with Gasteiger partial charge in [-0.2, -0.15) is 0 Å². The normalized spacial score (nSPS) is 27.2. The number of fused-ring (bicyclic) bond motifs is 1. The molecule has 154 valence electrons. The fourth-order valence-corrected chi connectivity index (χ4v) is 4.73.